The van der Waals surface area contributed by atoms with E-state index in [1.54, 1.807) is 12.1 Å². The number of para-hydroxylation sites is 1. The second-order valence-corrected chi connectivity index (χ2v) is 5.88. The lowest BCUT2D eigenvalue weighted by atomic mass is 9.99. The average Bonchev–Trinajstić information content (AvgIpc) is 2.49. The lowest BCUT2D eigenvalue weighted by molar-refractivity contribution is -0.116. The van der Waals surface area contributed by atoms with Crippen LogP contribution in [0.4, 0.5) is 5.69 Å². The van der Waals surface area contributed by atoms with Crippen molar-refractivity contribution in [3.05, 3.63) is 29.3 Å². The standard InChI is InChI=1S/C16H23ClN2O2/c17-14-6-1-2-7-15(14)18-16(21)8-11-19-10-4-3-5-13(19)9-12-20/h1-2,6-7,13,20H,3-5,8-12H2,(H,18,21). The van der Waals surface area contributed by atoms with Crippen LogP contribution < -0.4 is 5.32 Å². The van der Waals surface area contributed by atoms with Gasteiger partial charge in [-0.25, -0.2) is 0 Å². The van der Waals surface area contributed by atoms with Gasteiger partial charge in [0.15, 0.2) is 0 Å². The van der Waals surface area contributed by atoms with Crippen LogP contribution in [-0.2, 0) is 4.79 Å². The number of likely N-dealkylation sites (tertiary alicyclic amines) is 1. The monoisotopic (exact) mass is 310 g/mol. The number of halogens is 1. The first-order valence-electron chi connectivity index (χ1n) is 7.60. The summed E-state index contributed by atoms with van der Waals surface area (Å²) in [4.78, 5) is 14.4. The van der Waals surface area contributed by atoms with Gasteiger partial charge in [-0.15, -0.1) is 0 Å². The van der Waals surface area contributed by atoms with E-state index in [1.807, 2.05) is 12.1 Å². The van der Waals surface area contributed by atoms with E-state index in [1.165, 1.54) is 12.8 Å². The molecule has 116 valence electrons. The summed E-state index contributed by atoms with van der Waals surface area (Å²) in [5, 5.41) is 12.5. The fraction of sp³-hybridized carbons (Fsp3) is 0.562. The summed E-state index contributed by atoms with van der Waals surface area (Å²) in [5.41, 5.74) is 0.662. The van der Waals surface area contributed by atoms with Crippen LogP contribution in [0.25, 0.3) is 0 Å². The SMILES string of the molecule is O=C(CCN1CCCCC1CCO)Nc1ccccc1Cl. The maximum Gasteiger partial charge on any atom is 0.225 e. The number of nitrogens with zero attached hydrogens (tertiary/aromatic N) is 1. The minimum Gasteiger partial charge on any atom is -0.396 e. The molecule has 0 bridgehead atoms. The van der Waals surface area contributed by atoms with Crippen molar-refractivity contribution in [2.75, 3.05) is 25.0 Å². The number of hydrogen-bond acceptors (Lipinski definition) is 3. The predicted octanol–water partition coefficient (Wildman–Crippen LogP) is 2.91. The van der Waals surface area contributed by atoms with Crippen molar-refractivity contribution in [1.29, 1.82) is 0 Å². The van der Waals surface area contributed by atoms with E-state index in [9.17, 15) is 4.79 Å². The number of anilines is 1. The summed E-state index contributed by atoms with van der Waals surface area (Å²) in [6, 6.07) is 7.67. The number of benzene rings is 1. The zero-order valence-electron chi connectivity index (χ0n) is 12.2. The smallest absolute Gasteiger partial charge is 0.225 e. The Morgan fingerprint density at radius 2 is 2.19 bits per heavy atom. The third-order valence-electron chi connectivity index (χ3n) is 3.99. The van der Waals surface area contributed by atoms with Gasteiger partial charge in [0.05, 0.1) is 10.7 Å². The van der Waals surface area contributed by atoms with E-state index in [2.05, 4.69) is 10.2 Å². The largest absolute Gasteiger partial charge is 0.396 e. The van der Waals surface area contributed by atoms with E-state index in [0.717, 1.165) is 25.9 Å². The molecule has 0 spiro atoms. The fourth-order valence-corrected chi connectivity index (χ4v) is 3.03. The zero-order chi connectivity index (χ0) is 15.1. The molecule has 4 nitrogen and oxygen atoms in total. The topological polar surface area (TPSA) is 52.6 Å². The second-order valence-electron chi connectivity index (χ2n) is 5.48. The number of aliphatic hydroxyl groups is 1. The van der Waals surface area contributed by atoms with Gasteiger partial charge in [0.1, 0.15) is 0 Å². The molecular formula is C16H23ClN2O2. The molecule has 5 heteroatoms. The highest BCUT2D eigenvalue weighted by atomic mass is 35.5. The van der Waals surface area contributed by atoms with Crippen LogP contribution in [0.3, 0.4) is 0 Å². The lowest BCUT2D eigenvalue weighted by Gasteiger charge is -2.35. The second kappa shape index (κ2) is 8.37. The maximum atomic E-state index is 12.0. The molecule has 1 heterocycles. The molecule has 1 aromatic carbocycles. The molecule has 0 radical (unpaired) electrons. The Balaban J connectivity index is 1.81. The van der Waals surface area contributed by atoms with Crippen LogP contribution in [0.2, 0.25) is 5.02 Å². The Labute approximate surface area is 131 Å². The number of carbonyl (C=O) groups excluding carboxylic acids is 1. The molecule has 0 saturated carbocycles. The molecule has 1 saturated heterocycles. The van der Waals surface area contributed by atoms with Gasteiger partial charge < -0.3 is 10.4 Å². The number of aliphatic hydroxyl groups excluding tert-OH is 1. The van der Waals surface area contributed by atoms with Gasteiger partial charge in [0, 0.05) is 25.6 Å². The molecule has 1 amide bonds. The third kappa shape index (κ3) is 4.99. The summed E-state index contributed by atoms with van der Waals surface area (Å²) in [7, 11) is 0. The highest BCUT2D eigenvalue weighted by Crippen LogP contribution is 2.22. The Hall–Kier alpha value is -1.10. The fourth-order valence-electron chi connectivity index (χ4n) is 2.85. The maximum absolute atomic E-state index is 12.0. The van der Waals surface area contributed by atoms with Crippen LogP contribution in [0.15, 0.2) is 24.3 Å². The number of rotatable bonds is 6. The number of nitrogens with one attached hydrogen (secondary N) is 1. The third-order valence-corrected chi connectivity index (χ3v) is 4.32. The van der Waals surface area contributed by atoms with Gasteiger partial charge in [-0.1, -0.05) is 30.2 Å². The molecular weight excluding hydrogens is 288 g/mol. The molecule has 2 rings (SSSR count). The van der Waals surface area contributed by atoms with Crippen molar-refractivity contribution < 1.29 is 9.90 Å². The minimum atomic E-state index is -0.0172. The van der Waals surface area contributed by atoms with E-state index in [-0.39, 0.29) is 12.5 Å². The van der Waals surface area contributed by atoms with Crippen LogP contribution in [0.1, 0.15) is 32.1 Å². The van der Waals surface area contributed by atoms with Gasteiger partial charge in [-0.3, -0.25) is 9.69 Å². The lowest BCUT2D eigenvalue weighted by Crippen LogP contribution is -2.41. The van der Waals surface area contributed by atoms with Gasteiger partial charge in [0.2, 0.25) is 5.91 Å². The molecule has 2 N–H and O–H groups in total. The van der Waals surface area contributed by atoms with Gasteiger partial charge >= 0.3 is 0 Å². The van der Waals surface area contributed by atoms with E-state index in [4.69, 9.17) is 16.7 Å². The van der Waals surface area contributed by atoms with Gasteiger partial charge in [-0.05, 0) is 37.9 Å². The average molecular weight is 311 g/mol. The van der Waals surface area contributed by atoms with Crippen LogP contribution in [0, 0.1) is 0 Å². The summed E-state index contributed by atoms with van der Waals surface area (Å²) in [6.45, 7) is 1.97. The van der Waals surface area contributed by atoms with Crippen LogP contribution in [-0.4, -0.2) is 41.7 Å². The normalized spacial score (nSPS) is 19.4. The molecule has 21 heavy (non-hydrogen) atoms. The van der Waals surface area contributed by atoms with Crippen LogP contribution in [0.5, 0.6) is 0 Å². The Bertz CT molecular complexity index is 465. The minimum absolute atomic E-state index is 0.0172. The van der Waals surface area contributed by atoms with E-state index >= 15 is 0 Å². The van der Waals surface area contributed by atoms with Crippen molar-refractivity contribution in [3.63, 3.8) is 0 Å². The molecule has 1 unspecified atom stereocenters. The van der Waals surface area contributed by atoms with Crippen molar-refractivity contribution >= 4 is 23.2 Å². The number of piperidine rings is 1. The molecule has 0 aromatic heterocycles. The molecule has 1 aliphatic heterocycles. The molecule has 0 aliphatic carbocycles. The number of hydrogen-bond donors (Lipinski definition) is 2. The predicted molar refractivity (Wildman–Crippen MR) is 85.6 cm³/mol. The van der Waals surface area contributed by atoms with Crippen LogP contribution >= 0.6 is 11.6 Å². The van der Waals surface area contributed by atoms with Crippen molar-refractivity contribution in [1.82, 2.24) is 4.90 Å². The summed E-state index contributed by atoms with van der Waals surface area (Å²) >= 11 is 6.03. The molecule has 1 atom stereocenters. The number of amides is 1. The molecule has 1 fully saturated rings. The van der Waals surface area contributed by atoms with Crippen molar-refractivity contribution in [2.45, 2.75) is 38.1 Å². The molecule has 1 aliphatic rings. The Kier molecular flexibility index (Phi) is 6.49. The van der Waals surface area contributed by atoms with Crippen molar-refractivity contribution in [2.24, 2.45) is 0 Å². The van der Waals surface area contributed by atoms with E-state index < -0.39 is 0 Å². The highest BCUT2D eigenvalue weighted by molar-refractivity contribution is 6.33. The summed E-state index contributed by atoms with van der Waals surface area (Å²) < 4.78 is 0. The first kappa shape index (κ1) is 16.3. The summed E-state index contributed by atoms with van der Waals surface area (Å²) in [5.74, 6) is -0.0172. The van der Waals surface area contributed by atoms with Gasteiger partial charge in [0.25, 0.3) is 0 Å². The first-order chi connectivity index (χ1) is 10.2. The molecule has 1 aromatic rings. The Morgan fingerprint density at radius 1 is 1.38 bits per heavy atom. The van der Waals surface area contributed by atoms with Gasteiger partial charge in [-0.2, -0.15) is 0 Å². The zero-order valence-corrected chi connectivity index (χ0v) is 13.0. The first-order valence-corrected chi connectivity index (χ1v) is 7.98. The number of carbonyl (C=O) groups is 1. The quantitative estimate of drug-likeness (QED) is 0.849. The summed E-state index contributed by atoms with van der Waals surface area (Å²) in [6.07, 6.45) is 4.76. The Morgan fingerprint density at radius 3 is 2.95 bits per heavy atom. The van der Waals surface area contributed by atoms with E-state index in [0.29, 0.717) is 23.2 Å². The highest BCUT2D eigenvalue weighted by Gasteiger charge is 2.22. The van der Waals surface area contributed by atoms with Crippen molar-refractivity contribution in [3.8, 4) is 0 Å².